The third-order valence-corrected chi connectivity index (χ3v) is 4.99. The molecular weight excluding hydrogens is 384 g/mol. The number of likely N-dealkylation sites (tertiary alicyclic amines) is 1. The molecule has 7 nitrogen and oxygen atoms in total. The maximum atomic E-state index is 12.6. The van der Waals surface area contributed by atoms with E-state index in [1.807, 2.05) is 29.2 Å². The van der Waals surface area contributed by atoms with Crippen LogP contribution in [-0.4, -0.2) is 50.1 Å². The molecule has 128 valence electrons. The van der Waals surface area contributed by atoms with Crippen molar-refractivity contribution in [3.8, 4) is 0 Å². The second-order valence-electron chi connectivity index (χ2n) is 6.07. The lowest BCUT2D eigenvalue weighted by Gasteiger charge is -2.32. The minimum absolute atomic E-state index is 0.0882. The quantitative estimate of drug-likeness (QED) is 0.705. The van der Waals surface area contributed by atoms with E-state index in [1.54, 1.807) is 6.20 Å². The molecule has 1 saturated heterocycles. The van der Waals surface area contributed by atoms with E-state index in [-0.39, 0.29) is 11.9 Å². The average molecular weight is 401 g/mol. The smallest absolute Gasteiger partial charge is 0.253 e. The van der Waals surface area contributed by atoms with Gasteiger partial charge in [0.1, 0.15) is 12.1 Å². The van der Waals surface area contributed by atoms with Crippen LogP contribution >= 0.6 is 15.9 Å². The van der Waals surface area contributed by atoms with Crippen LogP contribution < -0.4 is 5.32 Å². The fraction of sp³-hybridized carbons (Fsp3) is 0.294. The number of carbonyl (C=O) groups excluding carboxylic acids is 1. The van der Waals surface area contributed by atoms with Gasteiger partial charge in [-0.15, -0.1) is 0 Å². The number of carbonyl (C=O) groups is 1. The van der Waals surface area contributed by atoms with Gasteiger partial charge in [0.05, 0.1) is 11.6 Å². The molecule has 8 heteroatoms. The molecule has 0 saturated carbocycles. The molecule has 0 aliphatic carbocycles. The van der Waals surface area contributed by atoms with Gasteiger partial charge >= 0.3 is 0 Å². The zero-order chi connectivity index (χ0) is 17.2. The lowest BCUT2D eigenvalue weighted by atomic mass is 10.0. The van der Waals surface area contributed by atoms with E-state index in [9.17, 15) is 4.79 Å². The summed E-state index contributed by atoms with van der Waals surface area (Å²) in [6, 6.07) is 7.78. The van der Waals surface area contributed by atoms with E-state index in [4.69, 9.17) is 0 Å². The first-order valence-corrected chi connectivity index (χ1v) is 8.95. The molecule has 1 aliphatic rings. The Balaban J connectivity index is 1.39. The maximum absolute atomic E-state index is 12.6. The molecule has 2 N–H and O–H groups in total. The van der Waals surface area contributed by atoms with Crippen molar-refractivity contribution in [3.05, 3.63) is 46.8 Å². The summed E-state index contributed by atoms with van der Waals surface area (Å²) in [6.45, 7) is 1.46. The summed E-state index contributed by atoms with van der Waals surface area (Å²) in [5, 5.41) is 11.2. The summed E-state index contributed by atoms with van der Waals surface area (Å²) in [6.07, 6.45) is 5.01. The lowest BCUT2D eigenvalue weighted by Crippen LogP contribution is -2.42. The van der Waals surface area contributed by atoms with Crippen LogP contribution in [0.1, 0.15) is 23.2 Å². The number of H-pyrrole nitrogens is 1. The zero-order valence-electron chi connectivity index (χ0n) is 13.4. The molecule has 1 aliphatic heterocycles. The van der Waals surface area contributed by atoms with Gasteiger partial charge in [0.25, 0.3) is 5.91 Å². The monoisotopic (exact) mass is 400 g/mol. The number of hydrogen-bond acceptors (Lipinski definition) is 5. The van der Waals surface area contributed by atoms with E-state index < -0.39 is 0 Å². The molecule has 0 bridgehead atoms. The van der Waals surface area contributed by atoms with Gasteiger partial charge in [-0.3, -0.25) is 9.89 Å². The van der Waals surface area contributed by atoms with Crippen molar-refractivity contribution in [2.24, 2.45) is 0 Å². The molecule has 4 rings (SSSR count). The molecule has 0 spiro atoms. The Morgan fingerprint density at radius 3 is 2.72 bits per heavy atom. The highest BCUT2D eigenvalue weighted by Gasteiger charge is 2.24. The van der Waals surface area contributed by atoms with Crippen LogP contribution in [-0.2, 0) is 0 Å². The SMILES string of the molecule is O=C(c1ccc(Br)cc1)N1CCC(Nc2ncnc3[nH]ncc23)CC1. The molecule has 1 aromatic carbocycles. The number of rotatable bonds is 3. The summed E-state index contributed by atoms with van der Waals surface area (Å²) >= 11 is 3.39. The van der Waals surface area contributed by atoms with Gasteiger partial charge in [0.2, 0.25) is 0 Å². The number of fused-ring (bicyclic) bond motifs is 1. The second kappa shape index (κ2) is 6.79. The van der Waals surface area contributed by atoms with Gasteiger partial charge in [-0.2, -0.15) is 5.10 Å². The number of anilines is 1. The molecular formula is C17H17BrN6O. The topological polar surface area (TPSA) is 86.8 Å². The van der Waals surface area contributed by atoms with Gasteiger partial charge < -0.3 is 10.2 Å². The fourth-order valence-corrected chi connectivity index (χ4v) is 3.34. The Hall–Kier alpha value is -2.48. The molecule has 3 heterocycles. The highest BCUT2D eigenvalue weighted by Crippen LogP contribution is 2.22. The first-order valence-electron chi connectivity index (χ1n) is 8.16. The predicted octanol–water partition coefficient (Wildman–Crippen LogP) is 2.83. The number of hydrogen-bond donors (Lipinski definition) is 2. The number of aromatic nitrogens is 4. The van der Waals surface area contributed by atoms with Crippen LogP contribution in [0, 0.1) is 0 Å². The number of aromatic amines is 1. The molecule has 0 radical (unpaired) electrons. The Morgan fingerprint density at radius 2 is 1.96 bits per heavy atom. The lowest BCUT2D eigenvalue weighted by molar-refractivity contribution is 0.0718. The van der Waals surface area contributed by atoms with Crippen LogP contribution in [0.5, 0.6) is 0 Å². The highest BCUT2D eigenvalue weighted by molar-refractivity contribution is 9.10. The van der Waals surface area contributed by atoms with Crippen molar-refractivity contribution >= 4 is 38.7 Å². The molecule has 2 aromatic heterocycles. The molecule has 0 atom stereocenters. The van der Waals surface area contributed by atoms with E-state index in [1.165, 1.54) is 6.33 Å². The molecule has 3 aromatic rings. The molecule has 1 fully saturated rings. The summed E-state index contributed by atoms with van der Waals surface area (Å²) in [4.78, 5) is 22.9. The summed E-state index contributed by atoms with van der Waals surface area (Å²) < 4.78 is 0.974. The molecule has 25 heavy (non-hydrogen) atoms. The van der Waals surface area contributed by atoms with Crippen LogP contribution in [0.15, 0.2) is 41.3 Å². The number of nitrogens with one attached hydrogen (secondary N) is 2. The van der Waals surface area contributed by atoms with Crippen molar-refractivity contribution in [1.29, 1.82) is 0 Å². The van der Waals surface area contributed by atoms with Gasteiger partial charge in [0, 0.05) is 29.2 Å². The first-order chi connectivity index (χ1) is 12.2. The van der Waals surface area contributed by atoms with Crippen LogP contribution in [0.25, 0.3) is 11.0 Å². The first kappa shape index (κ1) is 16.0. The Labute approximate surface area is 153 Å². The molecule has 1 amide bonds. The van der Waals surface area contributed by atoms with E-state index >= 15 is 0 Å². The Bertz CT molecular complexity index is 886. The maximum Gasteiger partial charge on any atom is 0.253 e. The third-order valence-electron chi connectivity index (χ3n) is 4.46. The van der Waals surface area contributed by atoms with Gasteiger partial charge in [-0.05, 0) is 37.1 Å². The highest BCUT2D eigenvalue weighted by atomic mass is 79.9. The number of halogens is 1. The van der Waals surface area contributed by atoms with Gasteiger partial charge in [0.15, 0.2) is 5.65 Å². The number of nitrogens with zero attached hydrogens (tertiary/aromatic N) is 4. The van der Waals surface area contributed by atoms with E-state index in [0.717, 1.165) is 52.8 Å². The average Bonchev–Trinajstić information content (AvgIpc) is 3.12. The Kier molecular flexibility index (Phi) is 4.35. The van der Waals surface area contributed by atoms with E-state index in [0.29, 0.717) is 0 Å². The van der Waals surface area contributed by atoms with Crippen LogP contribution in [0.2, 0.25) is 0 Å². The second-order valence-corrected chi connectivity index (χ2v) is 6.99. The normalized spacial score (nSPS) is 15.5. The van der Waals surface area contributed by atoms with Gasteiger partial charge in [-0.1, -0.05) is 15.9 Å². The van der Waals surface area contributed by atoms with E-state index in [2.05, 4.69) is 41.4 Å². The third kappa shape index (κ3) is 3.34. The van der Waals surface area contributed by atoms with Gasteiger partial charge in [-0.25, -0.2) is 9.97 Å². The van der Waals surface area contributed by atoms with Crippen molar-refractivity contribution in [3.63, 3.8) is 0 Å². The predicted molar refractivity (Wildman–Crippen MR) is 98.4 cm³/mol. The van der Waals surface area contributed by atoms with Crippen LogP contribution in [0.3, 0.4) is 0 Å². The Morgan fingerprint density at radius 1 is 1.20 bits per heavy atom. The number of amides is 1. The number of benzene rings is 1. The largest absolute Gasteiger partial charge is 0.366 e. The van der Waals surface area contributed by atoms with Crippen molar-refractivity contribution < 1.29 is 4.79 Å². The minimum Gasteiger partial charge on any atom is -0.366 e. The van der Waals surface area contributed by atoms with Crippen molar-refractivity contribution in [1.82, 2.24) is 25.1 Å². The van der Waals surface area contributed by atoms with Crippen molar-refractivity contribution in [2.45, 2.75) is 18.9 Å². The minimum atomic E-state index is 0.0882. The summed E-state index contributed by atoms with van der Waals surface area (Å²) in [5.41, 5.74) is 1.45. The van der Waals surface area contributed by atoms with Crippen molar-refractivity contribution in [2.75, 3.05) is 18.4 Å². The summed E-state index contributed by atoms with van der Waals surface area (Å²) in [7, 11) is 0. The number of piperidine rings is 1. The zero-order valence-corrected chi connectivity index (χ0v) is 15.0. The fourth-order valence-electron chi connectivity index (χ4n) is 3.08. The standard InChI is InChI=1S/C17H17BrN6O/c18-12-3-1-11(2-4-12)17(25)24-7-5-13(6-8-24)22-15-14-9-21-23-16(14)20-10-19-15/h1-4,9-10,13H,5-8H2,(H2,19,20,21,22,23). The van der Waals surface area contributed by atoms with Crippen LogP contribution in [0.4, 0.5) is 5.82 Å². The molecule has 0 unspecified atom stereocenters. The summed E-state index contributed by atoms with van der Waals surface area (Å²) in [5.74, 6) is 0.877.